The molecular weight excluding hydrogens is 425 g/mol. The van der Waals surface area contributed by atoms with Crippen molar-refractivity contribution in [1.82, 2.24) is 5.32 Å². The topological polar surface area (TPSA) is 72.5 Å². The maximum Gasteiger partial charge on any atom is 0.331 e. The Morgan fingerprint density at radius 3 is 1.90 bits per heavy atom. The summed E-state index contributed by atoms with van der Waals surface area (Å²) >= 11 is 0. The highest BCUT2D eigenvalue weighted by Crippen LogP contribution is 2.40. The largest absolute Gasteiger partial charge is 0.419 e. The zero-order valence-electron chi connectivity index (χ0n) is 17.1. The van der Waals surface area contributed by atoms with Gasteiger partial charge in [-0.3, -0.25) is 9.59 Å². The normalized spacial score (nSPS) is 15.8. The second kappa shape index (κ2) is 10.7. The average Bonchev–Trinajstić information content (AvgIpc) is 2.99. The molecule has 172 valence electrons. The number of carbonyl (C=O) groups excluding carboxylic acids is 3. The number of nitrogens with one attached hydrogen (secondary N) is 1. The quantitative estimate of drug-likeness (QED) is 0.158. The Labute approximate surface area is 176 Å². The van der Waals surface area contributed by atoms with E-state index < -0.39 is 58.7 Å². The van der Waals surface area contributed by atoms with Crippen LogP contribution >= 0.6 is 0 Å². The number of esters is 1. The van der Waals surface area contributed by atoms with Gasteiger partial charge in [0.05, 0.1) is 0 Å². The van der Waals surface area contributed by atoms with E-state index in [2.05, 4.69) is 10.1 Å². The second-order valence-corrected chi connectivity index (χ2v) is 7.75. The standard InChI is InChI=1S/C21H24F5NO4/c1-12(28)21(8-4-2-3-5-9-21)10-6-7-13(29)27-11-14(30)31-20-18(25)16(23)15(22)17(24)19(20)26/h2-11H2,1H3,(H,27,29). The third kappa shape index (κ3) is 6.01. The van der Waals surface area contributed by atoms with Gasteiger partial charge in [-0.2, -0.15) is 8.78 Å². The Kier molecular flexibility index (Phi) is 8.52. The van der Waals surface area contributed by atoms with Crippen LogP contribution in [0.1, 0.15) is 64.7 Å². The molecule has 0 saturated heterocycles. The van der Waals surface area contributed by atoms with Crippen LogP contribution in [0.3, 0.4) is 0 Å². The summed E-state index contributed by atoms with van der Waals surface area (Å²) in [5.74, 6) is -15.0. The molecule has 1 amide bonds. The van der Waals surface area contributed by atoms with Gasteiger partial charge in [0.25, 0.3) is 0 Å². The minimum absolute atomic E-state index is 0.00480. The van der Waals surface area contributed by atoms with Crippen LogP contribution in [0.5, 0.6) is 5.75 Å². The van der Waals surface area contributed by atoms with Crippen LogP contribution in [-0.4, -0.2) is 24.2 Å². The van der Waals surface area contributed by atoms with Gasteiger partial charge < -0.3 is 10.1 Å². The molecule has 10 heteroatoms. The smallest absolute Gasteiger partial charge is 0.331 e. The third-order valence-corrected chi connectivity index (χ3v) is 5.68. The van der Waals surface area contributed by atoms with Gasteiger partial charge in [0.2, 0.25) is 40.7 Å². The molecule has 0 radical (unpaired) electrons. The second-order valence-electron chi connectivity index (χ2n) is 7.75. The highest BCUT2D eigenvalue weighted by molar-refractivity contribution is 5.83. The Bertz CT molecular complexity index is 822. The molecule has 31 heavy (non-hydrogen) atoms. The van der Waals surface area contributed by atoms with Crippen LogP contribution in [0.15, 0.2) is 0 Å². The van der Waals surface area contributed by atoms with Crippen molar-refractivity contribution in [1.29, 1.82) is 0 Å². The molecule has 0 atom stereocenters. The maximum absolute atomic E-state index is 13.5. The van der Waals surface area contributed by atoms with E-state index in [1.807, 2.05) is 0 Å². The van der Waals surface area contributed by atoms with Crippen molar-refractivity contribution in [2.75, 3.05) is 6.54 Å². The van der Waals surface area contributed by atoms with Crippen LogP contribution in [0, 0.1) is 34.5 Å². The van der Waals surface area contributed by atoms with Crippen LogP contribution in [-0.2, 0) is 14.4 Å². The Balaban J connectivity index is 1.85. The summed E-state index contributed by atoms with van der Waals surface area (Å²) in [7, 11) is 0. The third-order valence-electron chi connectivity index (χ3n) is 5.68. The van der Waals surface area contributed by atoms with Crippen LogP contribution in [0.4, 0.5) is 22.0 Å². The zero-order valence-corrected chi connectivity index (χ0v) is 17.1. The summed E-state index contributed by atoms with van der Waals surface area (Å²) in [5, 5.41) is 2.17. The lowest BCUT2D eigenvalue weighted by atomic mass is 9.73. The molecule has 1 aromatic rings. The van der Waals surface area contributed by atoms with Gasteiger partial charge in [-0.25, -0.2) is 18.0 Å². The van der Waals surface area contributed by atoms with Crippen molar-refractivity contribution in [2.24, 2.45) is 5.41 Å². The lowest BCUT2D eigenvalue weighted by Gasteiger charge is -2.30. The molecule has 0 bridgehead atoms. The van der Waals surface area contributed by atoms with Crippen molar-refractivity contribution in [3.8, 4) is 5.75 Å². The highest BCUT2D eigenvalue weighted by Gasteiger charge is 2.35. The van der Waals surface area contributed by atoms with E-state index in [1.54, 1.807) is 6.92 Å². The number of halogens is 5. The summed E-state index contributed by atoms with van der Waals surface area (Å²) in [5.41, 5.74) is -0.443. The molecule has 0 heterocycles. The van der Waals surface area contributed by atoms with Crippen molar-refractivity contribution in [2.45, 2.75) is 64.7 Å². The molecule has 1 saturated carbocycles. The van der Waals surface area contributed by atoms with Crippen molar-refractivity contribution in [3.63, 3.8) is 0 Å². The molecule has 5 nitrogen and oxygen atoms in total. The number of ether oxygens (including phenoxy) is 1. The summed E-state index contributed by atoms with van der Waals surface area (Å²) in [6.45, 7) is 0.733. The molecule has 1 aliphatic carbocycles. The first-order chi connectivity index (χ1) is 14.6. The average molecular weight is 449 g/mol. The van der Waals surface area contributed by atoms with Crippen LogP contribution in [0.2, 0.25) is 0 Å². The number of Topliss-reactive ketones (excluding diaryl/α,β-unsaturated/α-hetero) is 1. The first-order valence-corrected chi connectivity index (χ1v) is 10.1. The molecule has 1 fully saturated rings. The SMILES string of the molecule is CC(=O)C1(CCCC(=O)NCC(=O)Oc2c(F)c(F)c(F)c(F)c2F)CCCCCC1. The van der Waals surface area contributed by atoms with E-state index in [4.69, 9.17) is 0 Å². The van der Waals surface area contributed by atoms with Gasteiger partial charge >= 0.3 is 5.97 Å². The number of benzene rings is 1. The fraction of sp³-hybridized carbons (Fsp3) is 0.571. The predicted molar refractivity (Wildman–Crippen MR) is 99.5 cm³/mol. The van der Waals surface area contributed by atoms with Gasteiger partial charge in [0.15, 0.2) is 0 Å². The molecule has 0 aromatic heterocycles. The van der Waals surface area contributed by atoms with Gasteiger partial charge in [0.1, 0.15) is 12.3 Å². The number of amides is 1. The van der Waals surface area contributed by atoms with Crippen LogP contribution in [0.25, 0.3) is 0 Å². The van der Waals surface area contributed by atoms with Crippen molar-refractivity contribution < 1.29 is 41.1 Å². The van der Waals surface area contributed by atoms with E-state index >= 15 is 0 Å². The molecule has 1 N–H and O–H groups in total. The summed E-state index contributed by atoms with van der Waals surface area (Å²) in [6, 6.07) is 0. The molecule has 0 aliphatic heterocycles. The highest BCUT2D eigenvalue weighted by atomic mass is 19.2. The number of ketones is 1. The Hall–Kier alpha value is -2.52. The Morgan fingerprint density at radius 2 is 1.39 bits per heavy atom. The molecule has 1 aromatic carbocycles. The number of hydrogen-bond donors (Lipinski definition) is 1. The predicted octanol–water partition coefficient (Wildman–Crippen LogP) is 4.50. The number of carbonyl (C=O) groups is 3. The van der Waals surface area contributed by atoms with Gasteiger partial charge in [-0.1, -0.05) is 25.7 Å². The minimum Gasteiger partial charge on any atom is -0.419 e. The van der Waals surface area contributed by atoms with E-state index in [0.29, 0.717) is 12.8 Å². The lowest BCUT2D eigenvalue weighted by Crippen LogP contribution is -2.33. The van der Waals surface area contributed by atoms with Crippen molar-refractivity contribution >= 4 is 17.7 Å². The summed E-state index contributed by atoms with van der Waals surface area (Å²) < 4.78 is 70.5. The van der Waals surface area contributed by atoms with E-state index in [9.17, 15) is 36.3 Å². The Morgan fingerprint density at radius 1 is 0.871 bits per heavy atom. The summed E-state index contributed by atoms with van der Waals surface area (Å²) in [4.78, 5) is 35.8. The van der Waals surface area contributed by atoms with Gasteiger partial charge in [0, 0.05) is 11.8 Å². The zero-order chi connectivity index (χ0) is 23.2. The maximum atomic E-state index is 13.5. The van der Waals surface area contributed by atoms with Gasteiger partial charge in [-0.15, -0.1) is 0 Å². The summed E-state index contributed by atoms with van der Waals surface area (Å²) in [6.07, 6.45) is 6.54. The molecule has 2 rings (SSSR count). The van der Waals surface area contributed by atoms with E-state index in [-0.39, 0.29) is 12.2 Å². The molecule has 1 aliphatic rings. The first kappa shape index (κ1) is 24.7. The lowest BCUT2D eigenvalue weighted by molar-refractivity contribution is -0.136. The van der Waals surface area contributed by atoms with E-state index in [0.717, 1.165) is 38.5 Å². The molecule has 0 unspecified atom stereocenters. The fourth-order valence-corrected chi connectivity index (χ4v) is 3.85. The number of hydrogen-bond acceptors (Lipinski definition) is 4. The monoisotopic (exact) mass is 449 g/mol. The minimum atomic E-state index is -2.37. The first-order valence-electron chi connectivity index (χ1n) is 10.1. The van der Waals surface area contributed by atoms with Gasteiger partial charge in [-0.05, 0) is 32.6 Å². The van der Waals surface area contributed by atoms with E-state index in [1.165, 1.54) is 0 Å². The molecular formula is C21H24F5NO4. The van der Waals surface area contributed by atoms with Crippen LogP contribution < -0.4 is 10.1 Å². The van der Waals surface area contributed by atoms with Crippen molar-refractivity contribution in [3.05, 3.63) is 29.1 Å². The molecule has 0 spiro atoms. The fourth-order valence-electron chi connectivity index (χ4n) is 3.85. The number of rotatable bonds is 8.